The highest BCUT2D eigenvalue weighted by Crippen LogP contribution is 2.48. The van der Waals surface area contributed by atoms with Gasteiger partial charge in [0.25, 0.3) is 5.91 Å². The number of carbonyl (C=O) groups excluding carboxylic acids is 1. The van der Waals surface area contributed by atoms with E-state index >= 15 is 0 Å². The molecule has 0 spiro atoms. The number of aromatic nitrogens is 1. The maximum Gasteiger partial charge on any atom is 0.354 e. The Labute approximate surface area is 148 Å². The minimum atomic E-state index is -1.14. The van der Waals surface area contributed by atoms with E-state index in [-0.39, 0.29) is 22.7 Å². The number of hydrogen-bond acceptors (Lipinski definition) is 3. The molecule has 2 aromatic rings. The molecule has 1 aliphatic carbocycles. The summed E-state index contributed by atoms with van der Waals surface area (Å²) >= 11 is 3.43. The van der Waals surface area contributed by atoms with E-state index in [1.807, 2.05) is 12.1 Å². The molecule has 6 heteroatoms. The lowest BCUT2D eigenvalue weighted by Crippen LogP contribution is -2.35. The Balaban J connectivity index is 1.76. The van der Waals surface area contributed by atoms with E-state index < -0.39 is 5.97 Å². The molecule has 1 aromatic carbocycles. The van der Waals surface area contributed by atoms with Crippen molar-refractivity contribution in [3.05, 3.63) is 63.9 Å². The number of aromatic carboxylic acids is 1. The minimum absolute atomic E-state index is 0.00445. The molecule has 1 amide bonds. The van der Waals surface area contributed by atoms with Gasteiger partial charge >= 0.3 is 5.97 Å². The fourth-order valence-electron chi connectivity index (χ4n) is 2.89. The number of hydrogen-bond donors (Lipinski definition) is 1. The van der Waals surface area contributed by atoms with E-state index in [9.17, 15) is 9.59 Å². The molecule has 1 aromatic heterocycles. The molecule has 1 heterocycles. The Hall–Kier alpha value is -2.21. The van der Waals surface area contributed by atoms with Gasteiger partial charge in [-0.05, 0) is 42.7 Å². The zero-order valence-electron chi connectivity index (χ0n) is 13.2. The van der Waals surface area contributed by atoms with E-state index in [0.717, 1.165) is 17.3 Å². The molecule has 0 bridgehead atoms. The minimum Gasteiger partial charge on any atom is -0.477 e. The molecule has 0 atom stereocenters. The lowest BCUT2D eigenvalue weighted by Gasteiger charge is -2.24. The molecule has 5 nitrogen and oxygen atoms in total. The largest absolute Gasteiger partial charge is 0.477 e. The Morgan fingerprint density at radius 2 is 1.79 bits per heavy atom. The third-order valence-corrected chi connectivity index (χ3v) is 4.91. The summed E-state index contributed by atoms with van der Waals surface area (Å²) in [5.74, 6) is -1.40. The second kappa shape index (κ2) is 6.36. The SMILES string of the molecule is CN(CC1(c2ccc(Br)cc2)CC1)C(=O)c1cccc(C(=O)O)n1. The monoisotopic (exact) mass is 388 g/mol. The molecule has 1 aliphatic rings. The van der Waals surface area contributed by atoms with Gasteiger partial charge in [-0.3, -0.25) is 4.79 Å². The molecule has 24 heavy (non-hydrogen) atoms. The summed E-state index contributed by atoms with van der Waals surface area (Å²) in [4.78, 5) is 29.1. The highest BCUT2D eigenvalue weighted by Gasteiger charge is 2.45. The Kier molecular flexibility index (Phi) is 4.41. The van der Waals surface area contributed by atoms with Crippen LogP contribution in [0, 0.1) is 0 Å². The number of carboxylic acid groups (broad SMARTS) is 1. The van der Waals surface area contributed by atoms with E-state index in [1.165, 1.54) is 11.6 Å². The van der Waals surface area contributed by atoms with Crippen molar-refractivity contribution in [3.8, 4) is 0 Å². The number of nitrogens with zero attached hydrogens (tertiary/aromatic N) is 2. The van der Waals surface area contributed by atoms with Crippen LogP contribution >= 0.6 is 15.9 Å². The quantitative estimate of drug-likeness (QED) is 0.852. The van der Waals surface area contributed by atoms with E-state index in [4.69, 9.17) is 5.11 Å². The first-order valence-corrected chi connectivity index (χ1v) is 8.42. The zero-order valence-corrected chi connectivity index (χ0v) is 14.8. The summed E-state index contributed by atoms with van der Waals surface area (Å²) in [7, 11) is 1.73. The van der Waals surface area contributed by atoms with Gasteiger partial charge in [-0.1, -0.05) is 34.1 Å². The molecule has 3 rings (SSSR count). The van der Waals surface area contributed by atoms with Gasteiger partial charge in [0.1, 0.15) is 11.4 Å². The number of likely N-dealkylation sites (N-methyl/N-ethyl adjacent to an activating group) is 1. The summed E-state index contributed by atoms with van der Waals surface area (Å²) in [5, 5.41) is 9.01. The van der Waals surface area contributed by atoms with Crippen LogP contribution in [0.1, 0.15) is 39.4 Å². The Morgan fingerprint density at radius 3 is 2.38 bits per heavy atom. The summed E-state index contributed by atoms with van der Waals surface area (Å²) in [6, 6.07) is 12.6. The summed E-state index contributed by atoms with van der Waals surface area (Å²) in [6.45, 7) is 0.590. The lowest BCUT2D eigenvalue weighted by atomic mass is 9.95. The molecular weight excluding hydrogens is 372 g/mol. The number of halogens is 1. The van der Waals surface area contributed by atoms with E-state index in [1.54, 1.807) is 24.1 Å². The molecule has 0 unspecified atom stereocenters. The van der Waals surface area contributed by atoms with Gasteiger partial charge in [0.05, 0.1) is 0 Å². The maximum atomic E-state index is 12.6. The first-order valence-electron chi connectivity index (χ1n) is 7.63. The van der Waals surface area contributed by atoms with Crippen LogP contribution in [0.2, 0.25) is 0 Å². The first kappa shape index (κ1) is 16.6. The predicted molar refractivity (Wildman–Crippen MR) is 93.2 cm³/mol. The van der Waals surface area contributed by atoms with Crippen LogP contribution in [0.25, 0.3) is 0 Å². The van der Waals surface area contributed by atoms with Crippen LogP contribution < -0.4 is 0 Å². The summed E-state index contributed by atoms with van der Waals surface area (Å²) < 4.78 is 1.03. The third-order valence-electron chi connectivity index (χ3n) is 4.38. The number of benzene rings is 1. The van der Waals surface area contributed by atoms with Crippen molar-refractivity contribution in [1.29, 1.82) is 0 Å². The van der Waals surface area contributed by atoms with Crippen LogP contribution in [0.4, 0.5) is 0 Å². The van der Waals surface area contributed by atoms with Gasteiger partial charge in [-0.25, -0.2) is 9.78 Å². The molecule has 0 radical (unpaired) electrons. The number of pyridine rings is 1. The van der Waals surface area contributed by atoms with Gasteiger partial charge in [0.15, 0.2) is 0 Å². The number of carbonyl (C=O) groups is 2. The zero-order chi connectivity index (χ0) is 17.3. The molecule has 0 saturated heterocycles. The maximum absolute atomic E-state index is 12.6. The molecule has 1 saturated carbocycles. The summed E-state index contributed by atoms with van der Waals surface area (Å²) in [6.07, 6.45) is 2.07. The Morgan fingerprint density at radius 1 is 1.17 bits per heavy atom. The second-order valence-corrected chi connectivity index (χ2v) is 7.08. The van der Waals surface area contributed by atoms with Crippen molar-refractivity contribution in [2.75, 3.05) is 13.6 Å². The fourth-order valence-corrected chi connectivity index (χ4v) is 3.15. The van der Waals surface area contributed by atoms with Gasteiger partial charge in [0.2, 0.25) is 0 Å². The molecular formula is C18H17BrN2O3. The highest BCUT2D eigenvalue weighted by molar-refractivity contribution is 9.10. The third kappa shape index (κ3) is 3.33. The van der Waals surface area contributed by atoms with Crippen LogP contribution in [0.3, 0.4) is 0 Å². The molecule has 124 valence electrons. The first-order chi connectivity index (χ1) is 11.4. The predicted octanol–water partition coefficient (Wildman–Crippen LogP) is 3.35. The topological polar surface area (TPSA) is 70.5 Å². The van der Waals surface area contributed by atoms with Crippen LogP contribution in [0.5, 0.6) is 0 Å². The molecule has 0 aliphatic heterocycles. The number of amides is 1. The second-order valence-electron chi connectivity index (χ2n) is 6.16. The van der Waals surface area contributed by atoms with Gasteiger partial charge < -0.3 is 10.0 Å². The highest BCUT2D eigenvalue weighted by atomic mass is 79.9. The smallest absolute Gasteiger partial charge is 0.354 e. The molecule has 1 fully saturated rings. The van der Waals surface area contributed by atoms with Crippen molar-refractivity contribution in [2.45, 2.75) is 18.3 Å². The van der Waals surface area contributed by atoms with E-state index in [0.29, 0.717) is 6.54 Å². The average molecular weight is 389 g/mol. The standard InChI is InChI=1S/C18H17BrN2O3/c1-21(16(22)14-3-2-4-15(20-14)17(23)24)11-18(9-10-18)12-5-7-13(19)8-6-12/h2-8H,9-11H2,1H3,(H,23,24). The summed E-state index contributed by atoms with van der Waals surface area (Å²) in [5.41, 5.74) is 1.25. The number of rotatable bonds is 5. The number of carboxylic acids is 1. The normalized spacial score (nSPS) is 14.9. The molecule has 1 N–H and O–H groups in total. The average Bonchev–Trinajstić information content (AvgIpc) is 3.35. The van der Waals surface area contributed by atoms with Gasteiger partial charge in [-0.15, -0.1) is 0 Å². The lowest BCUT2D eigenvalue weighted by molar-refractivity contribution is 0.0690. The van der Waals surface area contributed by atoms with Crippen LogP contribution in [-0.2, 0) is 5.41 Å². The van der Waals surface area contributed by atoms with Gasteiger partial charge in [0, 0.05) is 23.5 Å². The Bertz CT molecular complexity index is 785. The van der Waals surface area contributed by atoms with Crippen molar-refractivity contribution < 1.29 is 14.7 Å². The van der Waals surface area contributed by atoms with Crippen molar-refractivity contribution >= 4 is 27.8 Å². The van der Waals surface area contributed by atoms with Crippen LogP contribution in [-0.4, -0.2) is 40.5 Å². The fraction of sp³-hybridized carbons (Fsp3) is 0.278. The van der Waals surface area contributed by atoms with Crippen LogP contribution in [0.15, 0.2) is 46.9 Å². The van der Waals surface area contributed by atoms with Crippen molar-refractivity contribution in [1.82, 2.24) is 9.88 Å². The van der Waals surface area contributed by atoms with Gasteiger partial charge in [-0.2, -0.15) is 0 Å². The van der Waals surface area contributed by atoms with Crippen molar-refractivity contribution in [2.24, 2.45) is 0 Å². The van der Waals surface area contributed by atoms with Crippen molar-refractivity contribution in [3.63, 3.8) is 0 Å². The van der Waals surface area contributed by atoms with E-state index in [2.05, 4.69) is 33.0 Å².